The van der Waals surface area contributed by atoms with Crippen molar-refractivity contribution in [1.82, 2.24) is 0 Å². The number of aliphatic hydroxyl groups is 1. The van der Waals surface area contributed by atoms with Crippen molar-refractivity contribution in [3.8, 4) is 5.75 Å². The van der Waals surface area contributed by atoms with E-state index in [2.05, 4.69) is 29.4 Å². The van der Waals surface area contributed by atoms with Crippen LogP contribution in [0.15, 0.2) is 18.2 Å². The number of ether oxygens (including phenoxy) is 1. The first kappa shape index (κ1) is 11.3. The molecule has 0 unspecified atom stereocenters. The van der Waals surface area contributed by atoms with Crippen LogP contribution in [0.2, 0.25) is 0 Å². The van der Waals surface area contributed by atoms with Gasteiger partial charge in [0.2, 0.25) is 0 Å². The van der Waals surface area contributed by atoms with Crippen LogP contribution in [-0.4, -0.2) is 32.4 Å². The molecule has 2 nitrogen and oxygen atoms in total. The van der Waals surface area contributed by atoms with E-state index in [0.29, 0.717) is 5.92 Å². The number of hydrogen-bond donors (Lipinski definition) is 1. The van der Waals surface area contributed by atoms with E-state index in [1.165, 1.54) is 0 Å². The maximum absolute atomic E-state index is 9.44. The molecule has 0 aliphatic rings. The molecule has 1 N–H and O–H groups in total. The van der Waals surface area contributed by atoms with E-state index in [1.54, 1.807) is 7.11 Å². The van der Waals surface area contributed by atoms with Crippen LogP contribution in [0.3, 0.4) is 0 Å². The number of rotatable bonds is 3. The third-order valence-corrected chi connectivity index (χ3v) is 2.57. The zero-order valence-electron chi connectivity index (χ0n) is 8.57. The van der Waals surface area contributed by atoms with Crippen molar-refractivity contribution in [1.29, 1.82) is 0 Å². The van der Waals surface area contributed by atoms with E-state index in [1.807, 2.05) is 18.2 Å². The Hall–Kier alpha value is -0.791. The second-order valence-electron chi connectivity index (χ2n) is 3.41. The Morgan fingerprint density at radius 3 is 2.50 bits per heavy atom. The molecule has 1 aromatic carbocycles. The van der Waals surface area contributed by atoms with Gasteiger partial charge in [-0.05, 0) is 0 Å². The summed E-state index contributed by atoms with van der Waals surface area (Å²) >= 11 is 2.62. The Morgan fingerprint density at radius 2 is 2.07 bits per heavy atom. The molecule has 0 saturated carbocycles. The summed E-state index contributed by atoms with van der Waals surface area (Å²) in [6.07, 6.45) is 0. The topological polar surface area (TPSA) is 29.5 Å². The van der Waals surface area contributed by atoms with Crippen LogP contribution in [-0.2, 0) is 0 Å². The zero-order chi connectivity index (χ0) is 10.7. The van der Waals surface area contributed by atoms with Crippen molar-refractivity contribution >= 4 is 20.2 Å². The monoisotopic (exact) mass is 258 g/mol. The van der Waals surface area contributed by atoms with Gasteiger partial charge < -0.3 is 0 Å². The van der Waals surface area contributed by atoms with Crippen molar-refractivity contribution < 1.29 is 9.84 Å². The second-order valence-corrected chi connectivity index (χ2v) is 4.22. The predicted octanol–water partition coefficient (Wildman–Crippen LogP) is 1.84. The molecule has 0 fully saturated rings. The van der Waals surface area contributed by atoms with E-state index < -0.39 is 0 Å². The van der Waals surface area contributed by atoms with E-state index in [0.717, 1.165) is 16.9 Å². The van der Waals surface area contributed by atoms with Gasteiger partial charge >= 0.3 is 92.0 Å². The fourth-order valence-corrected chi connectivity index (χ4v) is 1.73. The average molecular weight is 257 g/mol. The Kier molecular flexibility index (Phi) is 3.73. The third-order valence-electron chi connectivity index (χ3n) is 2.11. The summed E-state index contributed by atoms with van der Waals surface area (Å²) in [5.74, 6) is 1.18. The van der Waals surface area contributed by atoms with Gasteiger partial charge in [-0.3, -0.25) is 0 Å². The molecule has 3 heteroatoms. The van der Waals surface area contributed by atoms with Gasteiger partial charge in [-0.2, -0.15) is 0 Å². The molecule has 0 aliphatic carbocycles. The quantitative estimate of drug-likeness (QED) is 0.837. The van der Waals surface area contributed by atoms with E-state index in [9.17, 15) is 5.11 Å². The standard InChI is InChI=1S/C11H14O2Se/c1-7(2)10-6-8(13-3)4-5-9(10)11(12)14/h4-7H,1-3H3,(H,12,14). The van der Waals surface area contributed by atoms with E-state index in [4.69, 9.17) is 4.74 Å². The van der Waals surface area contributed by atoms with Gasteiger partial charge in [0.1, 0.15) is 0 Å². The molecule has 0 aromatic heterocycles. The third kappa shape index (κ3) is 2.37. The Labute approximate surface area is 92.3 Å². The van der Waals surface area contributed by atoms with Crippen LogP contribution in [0.5, 0.6) is 5.75 Å². The number of hydrogen-bond acceptors (Lipinski definition) is 2. The molecule has 0 amide bonds. The molecule has 0 heterocycles. The first-order valence-electron chi connectivity index (χ1n) is 4.47. The van der Waals surface area contributed by atoms with Crippen molar-refractivity contribution in [2.75, 3.05) is 7.11 Å². The molecular weight excluding hydrogens is 243 g/mol. The Morgan fingerprint density at radius 1 is 1.43 bits per heavy atom. The fraction of sp³-hybridized carbons (Fsp3) is 0.364. The van der Waals surface area contributed by atoms with E-state index >= 15 is 0 Å². The molecule has 0 saturated heterocycles. The molecule has 0 aliphatic heterocycles. The van der Waals surface area contributed by atoms with Crippen molar-refractivity contribution in [2.24, 2.45) is 0 Å². The predicted molar refractivity (Wildman–Crippen MR) is 58.9 cm³/mol. The normalized spacial score (nSPS) is 10.3. The van der Waals surface area contributed by atoms with Crippen LogP contribution in [0, 0.1) is 0 Å². The van der Waals surface area contributed by atoms with Gasteiger partial charge in [0.15, 0.2) is 0 Å². The summed E-state index contributed by atoms with van der Waals surface area (Å²) in [4.78, 5) is 0. The van der Waals surface area contributed by atoms with Gasteiger partial charge in [0, 0.05) is 0 Å². The summed E-state index contributed by atoms with van der Waals surface area (Å²) in [6.45, 7) is 4.17. The second kappa shape index (κ2) is 4.63. The van der Waals surface area contributed by atoms with E-state index in [-0.39, 0.29) is 4.60 Å². The first-order chi connectivity index (χ1) is 6.56. The van der Waals surface area contributed by atoms with Crippen molar-refractivity contribution in [3.05, 3.63) is 29.3 Å². The van der Waals surface area contributed by atoms with Gasteiger partial charge in [-0.15, -0.1) is 0 Å². The summed E-state index contributed by atoms with van der Waals surface area (Å²) in [5.41, 5.74) is 1.93. The van der Waals surface area contributed by atoms with Crippen LogP contribution in [0.4, 0.5) is 0 Å². The number of methoxy groups -OCH3 is 1. The van der Waals surface area contributed by atoms with Crippen LogP contribution in [0.25, 0.3) is 0 Å². The fourth-order valence-electron chi connectivity index (χ4n) is 1.34. The maximum atomic E-state index is 9.44. The molecular formula is C11H14O2Se. The van der Waals surface area contributed by atoms with Gasteiger partial charge in [0.05, 0.1) is 0 Å². The summed E-state index contributed by atoms with van der Waals surface area (Å²) < 4.78 is 5.37. The minimum absolute atomic E-state index is 0.233. The first-order valence-corrected chi connectivity index (χ1v) is 5.33. The SMILES string of the molecule is COc1ccc(C(O)=[Se])c(C(C)C)c1. The van der Waals surface area contributed by atoms with Gasteiger partial charge in [0.25, 0.3) is 0 Å². The Balaban J connectivity index is 3.24. The summed E-state index contributed by atoms with van der Waals surface area (Å²) in [5, 5.41) is 9.44. The zero-order valence-corrected chi connectivity index (χ0v) is 10.3. The molecule has 0 bridgehead atoms. The molecule has 0 atom stereocenters. The van der Waals surface area contributed by atoms with Gasteiger partial charge in [-0.1, -0.05) is 0 Å². The number of aliphatic hydroxyl groups excluding tert-OH is 1. The molecule has 0 spiro atoms. The van der Waals surface area contributed by atoms with Crippen molar-refractivity contribution in [2.45, 2.75) is 19.8 Å². The van der Waals surface area contributed by atoms with Crippen LogP contribution >= 0.6 is 0 Å². The molecule has 0 radical (unpaired) electrons. The summed E-state index contributed by atoms with van der Waals surface area (Å²) in [6, 6.07) is 5.66. The van der Waals surface area contributed by atoms with Crippen molar-refractivity contribution in [3.63, 3.8) is 0 Å². The summed E-state index contributed by atoms with van der Waals surface area (Å²) in [7, 11) is 1.64. The van der Waals surface area contributed by atoms with Crippen LogP contribution < -0.4 is 4.74 Å². The van der Waals surface area contributed by atoms with Gasteiger partial charge in [-0.25, -0.2) is 0 Å². The average Bonchev–Trinajstić information content (AvgIpc) is 2.16. The number of benzene rings is 1. The minimum atomic E-state index is 0.233. The molecule has 1 rings (SSSR count). The Bertz CT molecular complexity index is 345. The van der Waals surface area contributed by atoms with Crippen LogP contribution in [0.1, 0.15) is 30.9 Å². The molecule has 14 heavy (non-hydrogen) atoms. The molecule has 1 aromatic rings. The molecule has 76 valence electrons.